The highest BCUT2D eigenvalue weighted by molar-refractivity contribution is 6.31. The number of anilines is 2. The molecule has 0 radical (unpaired) electrons. The molecule has 0 saturated carbocycles. The van der Waals surface area contributed by atoms with Crippen molar-refractivity contribution in [2.45, 2.75) is 6.54 Å². The minimum absolute atomic E-state index is 0.305. The number of nitrogens with one attached hydrogen (secondary N) is 1. The molecule has 0 aliphatic carbocycles. The highest BCUT2D eigenvalue weighted by atomic mass is 35.5. The summed E-state index contributed by atoms with van der Waals surface area (Å²) in [7, 11) is 0. The first-order chi connectivity index (χ1) is 8.18. The molecule has 0 aliphatic heterocycles. The fraction of sp³-hybridized carbons (Fsp3) is 0.0769. The van der Waals surface area contributed by atoms with Gasteiger partial charge in [0.25, 0.3) is 0 Å². The van der Waals surface area contributed by atoms with Crippen molar-refractivity contribution in [1.29, 1.82) is 0 Å². The number of halogens is 2. The van der Waals surface area contributed by atoms with Gasteiger partial charge in [0.15, 0.2) is 0 Å². The van der Waals surface area contributed by atoms with Crippen LogP contribution in [0, 0.1) is 5.82 Å². The zero-order chi connectivity index (χ0) is 12.3. The third kappa shape index (κ3) is 2.68. The number of hydrogen-bond donors (Lipinski definition) is 2. The van der Waals surface area contributed by atoms with E-state index in [-0.39, 0.29) is 5.82 Å². The Morgan fingerprint density at radius 3 is 2.59 bits per heavy atom. The number of para-hydroxylation sites is 2. The van der Waals surface area contributed by atoms with E-state index in [1.165, 1.54) is 6.07 Å². The van der Waals surface area contributed by atoms with E-state index in [1.807, 2.05) is 18.2 Å². The van der Waals surface area contributed by atoms with Crippen molar-refractivity contribution < 1.29 is 4.39 Å². The van der Waals surface area contributed by atoms with Gasteiger partial charge in [-0.3, -0.25) is 0 Å². The summed E-state index contributed by atoms with van der Waals surface area (Å²) in [5, 5.41) is 3.47. The molecule has 0 atom stereocenters. The number of nitrogens with two attached hydrogens (primary N) is 1. The Kier molecular flexibility index (Phi) is 3.49. The molecule has 0 heterocycles. The number of hydrogen-bond acceptors (Lipinski definition) is 2. The summed E-state index contributed by atoms with van der Waals surface area (Å²) in [5.41, 5.74) is 7.61. The highest BCUT2D eigenvalue weighted by Gasteiger charge is 2.06. The molecular weight excluding hydrogens is 239 g/mol. The van der Waals surface area contributed by atoms with Crippen LogP contribution < -0.4 is 11.1 Å². The lowest BCUT2D eigenvalue weighted by Gasteiger charge is -2.10. The Hall–Kier alpha value is -1.74. The van der Waals surface area contributed by atoms with Gasteiger partial charge < -0.3 is 11.1 Å². The van der Waals surface area contributed by atoms with Crippen molar-refractivity contribution in [2.24, 2.45) is 0 Å². The standard InChI is InChI=1S/C13H12ClFN2/c14-10-4-3-5-11(15)9(10)8-17-13-7-2-1-6-12(13)16/h1-7,17H,8,16H2. The summed E-state index contributed by atoms with van der Waals surface area (Å²) in [6, 6.07) is 12.0. The quantitative estimate of drug-likeness (QED) is 0.816. The zero-order valence-corrected chi connectivity index (χ0v) is 9.84. The predicted molar refractivity (Wildman–Crippen MR) is 69.6 cm³/mol. The minimum Gasteiger partial charge on any atom is -0.397 e. The average molecular weight is 251 g/mol. The summed E-state index contributed by atoms with van der Waals surface area (Å²) in [5.74, 6) is -0.320. The monoisotopic (exact) mass is 250 g/mol. The first kappa shape index (κ1) is 11.7. The van der Waals surface area contributed by atoms with E-state index in [0.29, 0.717) is 22.8 Å². The second-order valence-electron chi connectivity index (χ2n) is 3.64. The number of rotatable bonds is 3. The summed E-state index contributed by atoms with van der Waals surface area (Å²) in [6.07, 6.45) is 0. The van der Waals surface area contributed by atoms with Gasteiger partial charge in [-0.2, -0.15) is 0 Å². The molecule has 0 bridgehead atoms. The molecule has 2 nitrogen and oxygen atoms in total. The maximum atomic E-state index is 13.5. The van der Waals surface area contributed by atoms with E-state index >= 15 is 0 Å². The third-order valence-corrected chi connectivity index (χ3v) is 2.83. The molecule has 0 unspecified atom stereocenters. The van der Waals surface area contributed by atoms with E-state index in [2.05, 4.69) is 5.32 Å². The van der Waals surface area contributed by atoms with Crippen molar-refractivity contribution >= 4 is 23.0 Å². The van der Waals surface area contributed by atoms with Crippen LogP contribution in [0.2, 0.25) is 5.02 Å². The second kappa shape index (κ2) is 5.06. The molecule has 88 valence electrons. The minimum atomic E-state index is -0.320. The highest BCUT2D eigenvalue weighted by Crippen LogP contribution is 2.22. The van der Waals surface area contributed by atoms with Crippen LogP contribution in [0.1, 0.15) is 5.56 Å². The van der Waals surface area contributed by atoms with Crippen LogP contribution in [0.4, 0.5) is 15.8 Å². The lowest BCUT2D eigenvalue weighted by molar-refractivity contribution is 0.613. The Bertz CT molecular complexity index is 508. The van der Waals surface area contributed by atoms with Gasteiger partial charge in [0, 0.05) is 17.1 Å². The lowest BCUT2D eigenvalue weighted by Crippen LogP contribution is -2.04. The van der Waals surface area contributed by atoms with Crippen molar-refractivity contribution in [3.63, 3.8) is 0 Å². The molecule has 17 heavy (non-hydrogen) atoms. The van der Waals surface area contributed by atoms with Crippen molar-refractivity contribution in [1.82, 2.24) is 0 Å². The van der Waals surface area contributed by atoms with Crippen molar-refractivity contribution in [3.05, 3.63) is 58.9 Å². The summed E-state index contributed by atoms with van der Waals surface area (Å²) in [6.45, 7) is 0.305. The normalized spacial score (nSPS) is 10.2. The first-order valence-corrected chi connectivity index (χ1v) is 5.57. The first-order valence-electron chi connectivity index (χ1n) is 5.20. The van der Waals surface area contributed by atoms with Crippen molar-refractivity contribution in [3.8, 4) is 0 Å². The van der Waals surface area contributed by atoms with Crippen LogP contribution in [-0.4, -0.2) is 0 Å². The number of nitrogen functional groups attached to an aromatic ring is 1. The van der Waals surface area contributed by atoms with E-state index in [1.54, 1.807) is 18.2 Å². The van der Waals surface area contributed by atoms with Gasteiger partial charge in [-0.1, -0.05) is 29.8 Å². The molecular formula is C13H12ClFN2. The smallest absolute Gasteiger partial charge is 0.129 e. The van der Waals surface area contributed by atoms with Crippen molar-refractivity contribution in [2.75, 3.05) is 11.1 Å². The van der Waals surface area contributed by atoms with Crippen LogP contribution in [-0.2, 0) is 6.54 Å². The van der Waals surface area contributed by atoms with E-state index in [4.69, 9.17) is 17.3 Å². The second-order valence-corrected chi connectivity index (χ2v) is 4.05. The maximum absolute atomic E-state index is 13.5. The number of benzene rings is 2. The average Bonchev–Trinajstić information content (AvgIpc) is 2.30. The summed E-state index contributed by atoms with van der Waals surface area (Å²) >= 11 is 5.92. The predicted octanol–water partition coefficient (Wildman–Crippen LogP) is 3.67. The third-order valence-electron chi connectivity index (χ3n) is 2.48. The summed E-state index contributed by atoms with van der Waals surface area (Å²) < 4.78 is 13.5. The topological polar surface area (TPSA) is 38.0 Å². The SMILES string of the molecule is Nc1ccccc1NCc1c(F)cccc1Cl. The van der Waals surface area contributed by atoms with Gasteiger partial charge >= 0.3 is 0 Å². The molecule has 0 saturated heterocycles. The van der Waals surface area contributed by atoms with E-state index < -0.39 is 0 Å². The van der Waals surface area contributed by atoms with Gasteiger partial charge in [0.2, 0.25) is 0 Å². The van der Waals surface area contributed by atoms with Gasteiger partial charge in [-0.15, -0.1) is 0 Å². The summed E-state index contributed by atoms with van der Waals surface area (Å²) in [4.78, 5) is 0. The molecule has 0 aromatic heterocycles. The zero-order valence-electron chi connectivity index (χ0n) is 9.08. The fourth-order valence-electron chi connectivity index (χ4n) is 1.54. The van der Waals surface area contributed by atoms with Crippen LogP contribution in [0.3, 0.4) is 0 Å². The Morgan fingerprint density at radius 1 is 1.12 bits per heavy atom. The van der Waals surface area contributed by atoms with Crippen LogP contribution in [0.25, 0.3) is 0 Å². The molecule has 2 aromatic rings. The molecule has 0 amide bonds. The molecule has 4 heteroatoms. The lowest BCUT2D eigenvalue weighted by atomic mass is 10.2. The van der Waals surface area contributed by atoms with Crippen LogP contribution in [0.15, 0.2) is 42.5 Å². The molecule has 0 aliphatic rings. The molecule has 2 aromatic carbocycles. The van der Waals surface area contributed by atoms with E-state index in [9.17, 15) is 4.39 Å². The molecule has 3 N–H and O–H groups in total. The van der Waals surface area contributed by atoms with Crippen LogP contribution >= 0.6 is 11.6 Å². The fourth-order valence-corrected chi connectivity index (χ4v) is 1.77. The van der Waals surface area contributed by atoms with Gasteiger partial charge in [-0.05, 0) is 24.3 Å². The van der Waals surface area contributed by atoms with Gasteiger partial charge in [0.1, 0.15) is 5.82 Å². The molecule has 0 fully saturated rings. The maximum Gasteiger partial charge on any atom is 0.129 e. The van der Waals surface area contributed by atoms with E-state index in [0.717, 1.165) is 5.69 Å². The Morgan fingerprint density at radius 2 is 1.88 bits per heavy atom. The largest absolute Gasteiger partial charge is 0.397 e. The molecule has 0 spiro atoms. The Balaban J connectivity index is 2.16. The van der Waals surface area contributed by atoms with Crippen LogP contribution in [0.5, 0.6) is 0 Å². The van der Waals surface area contributed by atoms with Gasteiger partial charge in [0.05, 0.1) is 11.4 Å². The Labute approximate surface area is 104 Å². The molecule has 2 rings (SSSR count). The van der Waals surface area contributed by atoms with Gasteiger partial charge in [-0.25, -0.2) is 4.39 Å².